The zero-order chi connectivity index (χ0) is 30.1. The average Bonchev–Trinajstić information content (AvgIpc) is 3.55. The molecule has 3 fully saturated rings. The van der Waals surface area contributed by atoms with Gasteiger partial charge in [-0.25, -0.2) is 8.42 Å². The predicted molar refractivity (Wildman–Crippen MR) is 152 cm³/mol. The molecule has 0 bridgehead atoms. The van der Waals surface area contributed by atoms with E-state index in [4.69, 9.17) is 33.2 Å². The molecule has 0 aliphatic carbocycles. The summed E-state index contributed by atoms with van der Waals surface area (Å²) in [7, 11) is -2.36. The lowest BCUT2D eigenvalue weighted by atomic mass is 9.96. The molecule has 0 amide bonds. The van der Waals surface area contributed by atoms with Crippen molar-refractivity contribution in [3.05, 3.63) is 71.5 Å². The van der Waals surface area contributed by atoms with E-state index in [9.17, 15) is 8.42 Å². The highest BCUT2D eigenvalue weighted by atomic mass is 32.2. The van der Waals surface area contributed by atoms with Crippen molar-refractivity contribution < 1.29 is 41.6 Å². The third kappa shape index (κ3) is 5.15. The maximum atomic E-state index is 14.2. The Bertz CT molecular complexity index is 1450. The van der Waals surface area contributed by atoms with Crippen LogP contribution in [0.2, 0.25) is 0 Å². The summed E-state index contributed by atoms with van der Waals surface area (Å²) in [6.45, 7) is 11.4. The summed E-state index contributed by atoms with van der Waals surface area (Å²) in [4.78, 5) is 0.203. The van der Waals surface area contributed by atoms with Crippen LogP contribution in [0.25, 0.3) is 0 Å². The zero-order valence-corrected chi connectivity index (χ0v) is 25.8. The van der Waals surface area contributed by atoms with Crippen LogP contribution in [-0.2, 0) is 38.4 Å². The summed E-state index contributed by atoms with van der Waals surface area (Å²) in [5.41, 5.74) is 1.74. The van der Waals surface area contributed by atoms with Crippen molar-refractivity contribution in [1.29, 1.82) is 0 Å². The standard InChI is InChI=1S/C31H39NO9S/c1-19-8-14-23(15-9-19)42(33,34)32-20(2)25(16-24(32)21-10-12-22(35-7)13-11-21)38-28-27-26(39-30(5,6)40-27)17-36-31(28)18-37-29(3,4)41-31/h8-16,20,24,26-28H,17-18H2,1-7H3/t20-,24-,26+,27+,28-,31-/m0/s1. The number of hydrogen-bond acceptors (Lipinski definition) is 9. The van der Waals surface area contributed by atoms with Gasteiger partial charge < -0.3 is 33.2 Å². The first-order valence-electron chi connectivity index (χ1n) is 14.2. The number of aryl methyl sites for hydroxylation is 1. The van der Waals surface area contributed by atoms with Crippen LogP contribution in [0.3, 0.4) is 0 Å². The Kier molecular flexibility index (Phi) is 7.24. The normalized spacial score (nSPS) is 33.9. The van der Waals surface area contributed by atoms with Gasteiger partial charge in [0.25, 0.3) is 0 Å². The van der Waals surface area contributed by atoms with Crippen LogP contribution in [0.15, 0.2) is 65.3 Å². The Hall–Kier alpha value is -2.51. The summed E-state index contributed by atoms with van der Waals surface area (Å²) in [5.74, 6) is -1.91. The molecule has 4 aliphatic heterocycles. The van der Waals surface area contributed by atoms with Crippen LogP contribution in [0.1, 0.15) is 51.8 Å². The molecule has 228 valence electrons. The molecule has 3 saturated heterocycles. The van der Waals surface area contributed by atoms with E-state index in [1.54, 1.807) is 31.4 Å². The molecule has 0 N–H and O–H groups in total. The first-order valence-corrected chi connectivity index (χ1v) is 15.6. The molecule has 10 nitrogen and oxygen atoms in total. The van der Waals surface area contributed by atoms with E-state index >= 15 is 0 Å². The van der Waals surface area contributed by atoms with Crippen molar-refractivity contribution in [2.75, 3.05) is 20.3 Å². The fourth-order valence-electron chi connectivity index (χ4n) is 6.17. The highest BCUT2D eigenvalue weighted by molar-refractivity contribution is 7.89. The summed E-state index contributed by atoms with van der Waals surface area (Å²) in [6.07, 6.45) is 0.107. The number of fused-ring (bicyclic) bond motifs is 1. The molecule has 4 aliphatic rings. The Morgan fingerprint density at radius 1 is 0.929 bits per heavy atom. The van der Waals surface area contributed by atoms with Crippen LogP contribution < -0.4 is 4.74 Å². The number of rotatable bonds is 6. The third-order valence-electron chi connectivity index (χ3n) is 8.19. The first kappa shape index (κ1) is 29.6. The number of hydrogen-bond donors (Lipinski definition) is 0. The molecule has 11 heteroatoms. The molecule has 0 saturated carbocycles. The van der Waals surface area contributed by atoms with Crippen molar-refractivity contribution in [1.82, 2.24) is 4.31 Å². The second-order valence-corrected chi connectivity index (χ2v) is 14.0. The molecular formula is C31H39NO9S. The van der Waals surface area contributed by atoms with E-state index in [2.05, 4.69) is 0 Å². The highest BCUT2D eigenvalue weighted by Crippen LogP contribution is 2.48. The van der Waals surface area contributed by atoms with Gasteiger partial charge in [-0.3, -0.25) is 0 Å². The maximum Gasteiger partial charge on any atom is 0.244 e. The number of nitrogens with zero attached hydrogens (tertiary/aromatic N) is 1. The van der Waals surface area contributed by atoms with E-state index in [1.165, 1.54) is 4.31 Å². The number of benzene rings is 2. The Labute approximate surface area is 247 Å². The van der Waals surface area contributed by atoms with E-state index in [-0.39, 0.29) is 18.1 Å². The van der Waals surface area contributed by atoms with E-state index in [0.29, 0.717) is 11.5 Å². The van der Waals surface area contributed by atoms with Crippen molar-refractivity contribution in [3.8, 4) is 5.75 Å². The number of ether oxygens (including phenoxy) is 7. The van der Waals surface area contributed by atoms with Crippen molar-refractivity contribution in [2.24, 2.45) is 0 Å². The first-order chi connectivity index (χ1) is 19.7. The van der Waals surface area contributed by atoms with Gasteiger partial charge in [0.15, 0.2) is 17.7 Å². The lowest BCUT2D eigenvalue weighted by Gasteiger charge is -2.44. The van der Waals surface area contributed by atoms with Gasteiger partial charge in [-0.2, -0.15) is 4.31 Å². The molecule has 0 radical (unpaired) electrons. The van der Waals surface area contributed by atoms with Gasteiger partial charge in [-0.1, -0.05) is 29.8 Å². The highest BCUT2D eigenvalue weighted by Gasteiger charge is 2.64. The predicted octanol–water partition coefficient (Wildman–Crippen LogP) is 4.44. The van der Waals surface area contributed by atoms with Crippen molar-refractivity contribution in [3.63, 3.8) is 0 Å². The van der Waals surface area contributed by atoms with Crippen molar-refractivity contribution >= 4 is 10.0 Å². The molecule has 2 aromatic carbocycles. The SMILES string of the molecule is COc1ccc([C@@H]2C=C(O[C@H]3[C@@H]4OC(C)(C)O[C@@H]4CO[C@]34COC(C)(C)O4)[C@H](C)N2S(=O)(=O)c2ccc(C)cc2)cc1. The van der Waals surface area contributed by atoms with Gasteiger partial charge in [-0.15, -0.1) is 0 Å². The second kappa shape index (κ2) is 10.3. The lowest BCUT2D eigenvalue weighted by molar-refractivity contribution is -0.329. The monoisotopic (exact) mass is 601 g/mol. The van der Waals surface area contributed by atoms with Gasteiger partial charge in [0.05, 0.1) is 30.7 Å². The molecular weight excluding hydrogens is 562 g/mol. The maximum absolute atomic E-state index is 14.2. The quantitative estimate of drug-likeness (QED) is 0.476. The molecule has 4 heterocycles. The van der Waals surface area contributed by atoms with Crippen LogP contribution in [0.4, 0.5) is 0 Å². The summed E-state index contributed by atoms with van der Waals surface area (Å²) in [5, 5.41) is 0. The molecule has 1 spiro atoms. The van der Waals surface area contributed by atoms with Crippen LogP contribution in [0, 0.1) is 6.92 Å². The van der Waals surface area contributed by atoms with Gasteiger partial charge in [0.1, 0.15) is 30.3 Å². The minimum Gasteiger partial charge on any atom is -0.497 e. The number of sulfonamides is 1. The topological polar surface area (TPSA) is 102 Å². The van der Waals surface area contributed by atoms with Crippen LogP contribution in [-0.4, -0.2) is 74.8 Å². The molecule has 0 unspecified atom stereocenters. The molecule has 2 aromatic rings. The molecule has 6 atom stereocenters. The minimum atomic E-state index is -3.95. The Balaban J connectivity index is 1.40. The third-order valence-corrected chi connectivity index (χ3v) is 10.2. The largest absolute Gasteiger partial charge is 0.497 e. The molecule has 0 aromatic heterocycles. The van der Waals surface area contributed by atoms with E-state index in [0.717, 1.165) is 11.1 Å². The van der Waals surface area contributed by atoms with Gasteiger partial charge >= 0.3 is 0 Å². The van der Waals surface area contributed by atoms with E-state index in [1.807, 2.05) is 71.9 Å². The second-order valence-electron chi connectivity index (χ2n) is 12.2. The lowest BCUT2D eigenvalue weighted by Crippen LogP contribution is -2.62. The smallest absolute Gasteiger partial charge is 0.244 e. The number of methoxy groups -OCH3 is 1. The summed E-state index contributed by atoms with van der Waals surface area (Å²) >= 11 is 0. The molecule has 42 heavy (non-hydrogen) atoms. The zero-order valence-electron chi connectivity index (χ0n) is 25.0. The summed E-state index contributed by atoms with van der Waals surface area (Å²) < 4.78 is 73.0. The van der Waals surface area contributed by atoms with Crippen LogP contribution >= 0.6 is 0 Å². The van der Waals surface area contributed by atoms with Crippen LogP contribution in [0.5, 0.6) is 5.75 Å². The fourth-order valence-corrected chi connectivity index (χ4v) is 7.90. The summed E-state index contributed by atoms with van der Waals surface area (Å²) in [6, 6.07) is 12.9. The van der Waals surface area contributed by atoms with Gasteiger partial charge in [-0.05, 0) is 77.4 Å². The minimum absolute atomic E-state index is 0.118. The molecule has 6 rings (SSSR count). The van der Waals surface area contributed by atoms with Gasteiger partial charge in [0.2, 0.25) is 15.8 Å². The van der Waals surface area contributed by atoms with Crippen molar-refractivity contribution in [2.45, 2.75) is 94.2 Å². The Morgan fingerprint density at radius 2 is 1.62 bits per heavy atom. The fraction of sp³-hybridized carbons (Fsp3) is 0.548. The van der Waals surface area contributed by atoms with Gasteiger partial charge in [0, 0.05) is 0 Å². The average molecular weight is 602 g/mol. The Morgan fingerprint density at radius 3 is 2.24 bits per heavy atom. The van der Waals surface area contributed by atoms with E-state index < -0.39 is 57.8 Å².